The van der Waals surface area contributed by atoms with Gasteiger partial charge >= 0.3 is 18.3 Å². The second-order valence-electron chi connectivity index (χ2n) is 7.59. The third-order valence-corrected chi connectivity index (χ3v) is 7.30. The smallest absolute Gasteiger partial charge is 0.430 e. The van der Waals surface area contributed by atoms with Crippen LogP contribution in [0.25, 0.3) is 0 Å². The number of aliphatic hydroxyl groups is 1. The summed E-state index contributed by atoms with van der Waals surface area (Å²) in [7, 11) is -4.60. The summed E-state index contributed by atoms with van der Waals surface area (Å²) < 4.78 is 120. The van der Waals surface area contributed by atoms with Crippen molar-refractivity contribution in [3.8, 4) is 0 Å². The van der Waals surface area contributed by atoms with Crippen LogP contribution in [0.15, 0.2) is 47.4 Å². The van der Waals surface area contributed by atoms with E-state index in [-0.39, 0.29) is 30.2 Å². The van der Waals surface area contributed by atoms with Crippen molar-refractivity contribution in [1.82, 2.24) is 0 Å². The minimum absolute atomic E-state index is 0.250. The van der Waals surface area contributed by atoms with Crippen molar-refractivity contribution in [3.05, 3.63) is 59.4 Å². The largest absolute Gasteiger partial charge is 0.481 e. The lowest BCUT2D eigenvalue weighted by atomic mass is 9.87. The van der Waals surface area contributed by atoms with Gasteiger partial charge in [-0.15, -0.1) is 0 Å². The molecule has 2 aromatic carbocycles. The standard InChI is InChI=1S/C20H16F7NO5S/c21-13-3-6-15(7-4-13)34(32,33)28-14(10-17(29)30)5-1-11-9-12(2-8-16(11)28)18(31,19(22,23)24)20(25,26)27/h2-4,6-9,14,31H,1,5,10H2,(H,29,30)/t14-/m1/s1. The maximum atomic E-state index is 13.3. The summed E-state index contributed by atoms with van der Waals surface area (Å²) in [6.07, 6.45) is -13.5. The van der Waals surface area contributed by atoms with E-state index < -0.39 is 62.7 Å². The number of aryl methyl sites for hydroxylation is 1. The molecule has 34 heavy (non-hydrogen) atoms. The molecule has 0 spiro atoms. The zero-order valence-electron chi connectivity index (χ0n) is 16.9. The first kappa shape index (κ1) is 25.7. The number of fused-ring (bicyclic) bond motifs is 1. The third kappa shape index (κ3) is 4.31. The van der Waals surface area contributed by atoms with E-state index in [1.54, 1.807) is 0 Å². The van der Waals surface area contributed by atoms with Crippen LogP contribution >= 0.6 is 0 Å². The normalized spacial score (nSPS) is 17.4. The summed E-state index contributed by atoms with van der Waals surface area (Å²) in [4.78, 5) is 10.8. The number of carboxylic acids is 1. The number of rotatable bonds is 5. The van der Waals surface area contributed by atoms with E-state index in [4.69, 9.17) is 0 Å². The van der Waals surface area contributed by atoms with Crippen molar-refractivity contribution in [2.75, 3.05) is 4.31 Å². The third-order valence-electron chi connectivity index (χ3n) is 5.41. The maximum Gasteiger partial charge on any atom is 0.430 e. The fraction of sp³-hybridized carbons (Fsp3) is 0.350. The Labute approximate surface area is 188 Å². The van der Waals surface area contributed by atoms with Crippen molar-refractivity contribution in [1.29, 1.82) is 0 Å². The van der Waals surface area contributed by atoms with Crippen LogP contribution in [0.5, 0.6) is 0 Å². The van der Waals surface area contributed by atoms with Crippen LogP contribution in [0.3, 0.4) is 0 Å². The predicted molar refractivity (Wildman–Crippen MR) is 103 cm³/mol. The van der Waals surface area contributed by atoms with Gasteiger partial charge in [-0.1, -0.05) is 12.1 Å². The number of halogens is 7. The van der Waals surface area contributed by atoms with Crippen molar-refractivity contribution in [2.24, 2.45) is 0 Å². The van der Waals surface area contributed by atoms with E-state index in [0.29, 0.717) is 16.4 Å². The molecule has 0 saturated carbocycles. The quantitative estimate of drug-likeness (QED) is 0.585. The number of nitrogens with zero attached hydrogens (tertiary/aromatic N) is 1. The van der Waals surface area contributed by atoms with E-state index in [1.807, 2.05) is 0 Å². The van der Waals surface area contributed by atoms with Crippen molar-refractivity contribution in [2.45, 2.75) is 48.2 Å². The average molecular weight is 515 g/mol. The van der Waals surface area contributed by atoms with Crippen LogP contribution < -0.4 is 4.31 Å². The molecule has 1 aliphatic rings. The molecule has 6 nitrogen and oxygen atoms in total. The Morgan fingerprint density at radius 2 is 1.56 bits per heavy atom. The Morgan fingerprint density at radius 1 is 1.00 bits per heavy atom. The lowest BCUT2D eigenvalue weighted by Gasteiger charge is -2.38. The predicted octanol–water partition coefficient (Wildman–Crippen LogP) is 4.12. The Morgan fingerprint density at radius 3 is 2.06 bits per heavy atom. The molecule has 2 N–H and O–H groups in total. The number of sulfonamides is 1. The van der Waals surface area contributed by atoms with Crippen molar-refractivity contribution >= 4 is 21.7 Å². The fourth-order valence-corrected chi connectivity index (χ4v) is 5.50. The zero-order valence-corrected chi connectivity index (χ0v) is 17.7. The van der Waals surface area contributed by atoms with Crippen LogP contribution in [0, 0.1) is 5.82 Å². The Bertz CT molecular complexity index is 1180. The molecule has 2 aromatic rings. The van der Waals surface area contributed by atoms with Gasteiger partial charge in [0.05, 0.1) is 23.0 Å². The number of anilines is 1. The van der Waals surface area contributed by atoms with E-state index in [2.05, 4.69) is 0 Å². The van der Waals surface area contributed by atoms with Gasteiger partial charge in [0, 0.05) is 5.56 Å². The van der Waals surface area contributed by atoms with Crippen molar-refractivity contribution in [3.63, 3.8) is 0 Å². The molecule has 0 fully saturated rings. The molecule has 1 heterocycles. The number of alkyl halides is 6. The second-order valence-corrected chi connectivity index (χ2v) is 9.41. The van der Waals surface area contributed by atoms with Crippen molar-refractivity contribution < 1.29 is 54.2 Å². The summed E-state index contributed by atoms with van der Waals surface area (Å²) in [5.41, 5.74) is -7.41. The van der Waals surface area contributed by atoms with Gasteiger partial charge in [-0.3, -0.25) is 9.10 Å². The van der Waals surface area contributed by atoms with Crippen LogP contribution in [-0.2, 0) is 26.8 Å². The lowest BCUT2D eigenvalue weighted by Crippen LogP contribution is -2.54. The highest BCUT2D eigenvalue weighted by Crippen LogP contribution is 2.51. The number of aliphatic carboxylic acids is 1. The topological polar surface area (TPSA) is 94.9 Å². The number of hydrogen-bond donors (Lipinski definition) is 2. The van der Waals surface area contributed by atoms with Gasteiger partial charge in [-0.05, 0) is 48.7 Å². The molecular weight excluding hydrogens is 499 g/mol. The van der Waals surface area contributed by atoms with Gasteiger partial charge in [0.1, 0.15) is 5.82 Å². The number of hydrogen-bond acceptors (Lipinski definition) is 4. The summed E-state index contributed by atoms with van der Waals surface area (Å²) in [5, 5.41) is 18.8. The number of benzene rings is 2. The number of carbonyl (C=O) groups is 1. The van der Waals surface area contributed by atoms with Gasteiger partial charge in [0.2, 0.25) is 0 Å². The highest BCUT2D eigenvalue weighted by Gasteiger charge is 2.71. The molecular formula is C20H16F7NO5S. The molecule has 0 amide bonds. The first-order chi connectivity index (χ1) is 15.5. The highest BCUT2D eigenvalue weighted by atomic mass is 32.2. The Kier molecular flexibility index (Phi) is 6.37. The minimum atomic E-state index is -6.14. The van der Waals surface area contributed by atoms with Gasteiger partial charge in [0.25, 0.3) is 15.6 Å². The summed E-state index contributed by atoms with van der Waals surface area (Å²) in [6, 6.07) is 3.53. The molecule has 0 aromatic heterocycles. The Balaban J connectivity index is 2.20. The first-order valence-corrected chi connectivity index (χ1v) is 10.9. The lowest BCUT2D eigenvalue weighted by molar-refractivity contribution is -0.376. The zero-order chi connectivity index (χ0) is 25.7. The molecule has 0 unspecified atom stereocenters. The maximum absolute atomic E-state index is 13.3. The minimum Gasteiger partial charge on any atom is -0.481 e. The fourth-order valence-electron chi connectivity index (χ4n) is 3.78. The van der Waals surface area contributed by atoms with Gasteiger partial charge in [0.15, 0.2) is 0 Å². The SMILES string of the molecule is O=C(O)C[C@H]1CCc2cc(C(O)(C(F)(F)F)C(F)(F)F)ccc2N1S(=O)(=O)c1ccc(F)cc1. The summed E-state index contributed by atoms with van der Waals surface area (Å²) in [5.74, 6) is -2.17. The molecule has 14 heteroatoms. The molecule has 0 bridgehead atoms. The molecule has 0 saturated heterocycles. The molecule has 1 aliphatic heterocycles. The summed E-state index contributed by atoms with van der Waals surface area (Å²) in [6.45, 7) is 0. The van der Waals surface area contributed by atoms with Crippen LogP contribution in [0.1, 0.15) is 24.0 Å². The molecule has 0 aliphatic carbocycles. The monoisotopic (exact) mass is 515 g/mol. The van der Waals surface area contributed by atoms with Gasteiger partial charge in [-0.2, -0.15) is 26.3 Å². The van der Waals surface area contributed by atoms with E-state index in [9.17, 15) is 54.2 Å². The molecule has 3 rings (SSSR count). The van der Waals surface area contributed by atoms with E-state index >= 15 is 0 Å². The summed E-state index contributed by atoms with van der Waals surface area (Å²) >= 11 is 0. The number of carboxylic acid groups (broad SMARTS) is 1. The second kappa shape index (κ2) is 8.41. The van der Waals surface area contributed by atoms with E-state index in [0.717, 1.165) is 24.3 Å². The molecule has 0 radical (unpaired) electrons. The van der Waals surface area contributed by atoms with Crippen LogP contribution in [-0.4, -0.2) is 43.0 Å². The van der Waals surface area contributed by atoms with Gasteiger partial charge < -0.3 is 10.2 Å². The van der Waals surface area contributed by atoms with E-state index in [1.165, 1.54) is 0 Å². The van der Waals surface area contributed by atoms with Gasteiger partial charge in [-0.25, -0.2) is 12.8 Å². The van der Waals surface area contributed by atoms with Crippen LogP contribution in [0.4, 0.5) is 36.4 Å². The first-order valence-electron chi connectivity index (χ1n) is 9.51. The highest BCUT2D eigenvalue weighted by molar-refractivity contribution is 7.92. The molecule has 1 atom stereocenters. The van der Waals surface area contributed by atoms with Crippen LogP contribution in [0.2, 0.25) is 0 Å². The average Bonchev–Trinajstić information content (AvgIpc) is 2.70. The Hall–Kier alpha value is -2.87. The molecule has 186 valence electrons.